The largest absolute Gasteiger partial charge is 0.481 e. The van der Waals surface area contributed by atoms with Crippen LogP contribution in [0.4, 0.5) is 0 Å². The summed E-state index contributed by atoms with van der Waals surface area (Å²) in [4.78, 5) is 42.6. The Bertz CT molecular complexity index is 367. The van der Waals surface area contributed by atoms with Crippen LogP contribution in [-0.4, -0.2) is 34.1 Å². The first-order chi connectivity index (χ1) is 7.73. The number of rotatable bonds is 6. The number of carboxylic acid groups (broad SMARTS) is 2. The Morgan fingerprint density at radius 1 is 0.824 bits per heavy atom. The van der Waals surface area contributed by atoms with Crippen molar-refractivity contribution in [1.29, 1.82) is 0 Å². The Hall–Kier alpha value is -2.44. The second-order valence-corrected chi connectivity index (χ2v) is 3.03. The van der Waals surface area contributed by atoms with Crippen molar-refractivity contribution in [1.82, 2.24) is 0 Å². The molecule has 0 unspecified atom stereocenters. The SMILES string of the molecule is C=C(CC(=O)O)C(=O)OC(=O)C(=C)CC(=O)O. The number of hydrogen-bond acceptors (Lipinski definition) is 5. The number of carboxylic acids is 2. The summed E-state index contributed by atoms with van der Waals surface area (Å²) in [5.74, 6) is -5.04. The van der Waals surface area contributed by atoms with Gasteiger partial charge in [0.1, 0.15) is 0 Å². The van der Waals surface area contributed by atoms with E-state index in [0.717, 1.165) is 0 Å². The monoisotopic (exact) mass is 242 g/mol. The standard InChI is InChI=1S/C10H10O7/c1-5(3-7(11)12)9(15)17-10(16)6(2)4-8(13)14/h1-4H2,(H,11,12)(H,13,14). The normalized spacial score (nSPS) is 9.18. The van der Waals surface area contributed by atoms with Crippen molar-refractivity contribution in [3.63, 3.8) is 0 Å². The van der Waals surface area contributed by atoms with Gasteiger partial charge < -0.3 is 14.9 Å². The van der Waals surface area contributed by atoms with E-state index < -0.39 is 47.9 Å². The van der Waals surface area contributed by atoms with Crippen LogP contribution in [0.5, 0.6) is 0 Å². The van der Waals surface area contributed by atoms with Crippen LogP contribution in [-0.2, 0) is 23.9 Å². The maximum absolute atomic E-state index is 11.1. The van der Waals surface area contributed by atoms with Crippen LogP contribution in [0.1, 0.15) is 12.8 Å². The van der Waals surface area contributed by atoms with Crippen molar-refractivity contribution in [2.75, 3.05) is 0 Å². The van der Waals surface area contributed by atoms with E-state index >= 15 is 0 Å². The van der Waals surface area contributed by atoms with Crippen LogP contribution in [0.2, 0.25) is 0 Å². The Morgan fingerprint density at radius 3 is 1.35 bits per heavy atom. The van der Waals surface area contributed by atoms with Gasteiger partial charge in [-0.1, -0.05) is 13.2 Å². The first-order valence-corrected chi connectivity index (χ1v) is 4.29. The molecule has 2 N–H and O–H groups in total. The van der Waals surface area contributed by atoms with Crippen molar-refractivity contribution in [3.05, 3.63) is 24.3 Å². The molecular formula is C10H10O7. The third-order valence-electron chi connectivity index (χ3n) is 1.49. The Balaban J connectivity index is 4.34. The number of ether oxygens (including phenoxy) is 1. The molecule has 0 heterocycles. The molecule has 0 bridgehead atoms. The minimum absolute atomic E-state index is 0.422. The second-order valence-electron chi connectivity index (χ2n) is 3.03. The Kier molecular flexibility index (Phi) is 5.32. The molecule has 0 saturated carbocycles. The number of carbonyl (C=O) groups is 4. The van der Waals surface area contributed by atoms with Crippen LogP contribution >= 0.6 is 0 Å². The summed E-state index contributed by atoms with van der Waals surface area (Å²) in [6.07, 6.45) is -1.34. The molecule has 0 rings (SSSR count). The maximum Gasteiger partial charge on any atom is 0.341 e. The average Bonchev–Trinajstić information content (AvgIpc) is 2.15. The van der Waals surface area contributed by atoms with Gasteiger partial charge >= 0.3 is 23.9 Å². The predicted octanol–water partition coefficient (Wildman–Crippen LogP) is 0.118. The molecule has 0 radical (unpaired) electrons. The molecule has 0 aromatic rings. The highest BCUT2D eigenvalue weighted by Crippen LogP contribution is 2.06. The fourth-order valence-corrected chi connectivity index (χ4v) is 0.738. The van der Waals surface area contributed by atoms with Gasteiger partial charge in [-0.15, -0.1) is 0 Å². The summed E-state index contributed by atoms with van der Waals surface area (Å²) in [6, 6.07) is 0. The fourth-order valence-electron chi connectivity index (χ4n) is 0.738. The summed E-state index contributed by atoms with van der Waals surface area (Å²) in [5.41, 5.74) is -0.844. The topological polar surface area (TPSA) is 118 Å². The molecular weight excluding hydrogens is 232 g/mol. The summed E-state index contributed by atoms with van der Waals surface area (Å²) >= 11 is 0. The van der Waals surface area contributed by atoms with Gasteiger partial charge in [-0.3, -0.25) is 9.59 Å². The molecule has 0 aromatic carbocycles. The number of esters is 2. The smallest absolute Gasteiger partial charge is 0.341 e. The molecule has 7 heteroatoms. The summed E-state index contributed by atoms with van der Waals surface area (Å²) in [5, 5.41) is 16.7. The van der Waals surface area contributed by atoms with Crippen molar-refractivity contribution >= 4 is 23.9 Å². The van der Waals surface area contributed by atoms with E-state index in [0.29, 0.717) is 0 Å². The van der Waals surface area contributed by atoms with Crippen molar-refractivity contribution < 1.29 is 34.1 Å². The zero-order chi connectivity index (χ0) is 13.6. The third-order valence-corrected chi connectivity index (χ3v) is 1.49. The highest BCUT2D eigenvalue weighted by Gasteiger charge is 2.19. The molecule has 0 saturated heterocycles. The molecule has 0 fully saturated rings. The lowest BCUT2D eigenvalue weighted by atomic mass is 10.2. The fraction of sp³-hybridized carbons (Fsp3) is 0.200. The Morgan fingerprint density at radius 2 is 1.12 bits per heavy atom. The van der Waals surface area contributed by atoms with Crippen LogP contribution in [0.15, 0.2) is 24.3 Å². The molecule has 0 spiro atoms. The Labute approximate surface area is 96.0 Å². The molecule has 0 aromatic heterocycles. The van der Waals surface area contributed by atoms with Crippen molar-refractivity contribution in [2.24, 2.45) is 0 Å². The summed E-state index contributed by atoms with van der Waals surface area (Å²) in [6.45, 7) is 6.23. The second kappa shape index (κ2) is 6.21. The first kappa shape index (κ1) is 14.6. The van der Waals surface area contributed by atoms with E-state index in [2.05, 4.69) is 17.9 Å². The number of carbonyl (C=O) groups excluding carboxylic acids is 2. The van der Waals surface area contributed by atoms with Crippen LogP contribution < -0.4 is 0 Å². The minimum atomic E-state index is -1.30. The maximum atomic E-state index is 11.1. The molecule has 0 atom stereocenters. The van der Waals surface area contributed by atoms with Crippen LogP contribution in [0, 0.1) is 0 Å². The van der Waals surface area contributed by atoms with Gasteiger partial charge in [0.2, 0.25) is 0 Å². The summed E-state index contributed by atoms with van der Waals surface area (Å²) in [7, 11) is 0. The number of hydrogen-bond donors (Lipinski definition) is 2. The molecule has 0 amide bonds. The third kappa shape index (κ3) is 5.88. The molecule has 0 aliphatic rings. The van der Waals surface area contributed by atoms with Crippen LogP contribution in [0.25, 0.3) is 0 Å². The van der Waals surface area contributed by atoms with E-state index in [1.54, 1.807) is 0 Å². The molecule has 92 valence electrons. The van der Waals surface area contributed by atoms with Crippen molar-refractivity contribution in [2.45, 2.75) is 12.8 Å². The average molecular weight is 242 g/mol. The summed E-state index contributed by atoms with van der Waals surface area (Å²) < 4.78 is 4.17. The van der Waals surface area contributed by atoms with E-state index in [-0.39, 0.29) is 0 Å². The molecule has 0 aliphatic carbocycles. The predicted molar refractivity (Wildman–Crippen MR) is 53.9 cm³/mol. The molecule has 7 nitrogen and oxygen atoms in total. The van der Waals surface area contributed by atoms with Crippen LogP contribution in [0.3, 0.4) is 0 Å². The zero-order valence-electron chi connectivity index (χ0n) is 8.76. The lowest BCUT2D eigenvalue weighted by Crippen LogP contribution is -2.18. The van der Waals surface area contributed by atoms with Gasteiger partial charge in [0.15, 0.2) is 0 Å². The zero-order valence-corrected chi connectivity index (χ0v) is 8.76. The highest BCUT2D eigenvalue weighted by molar-refractivity contribution is 6.04. The van der Waals surface area contributed by atoms with Gasteiger partial charge in [-0.05, 0) is 0 Å². The van der Waals surface area contributed by atoms with E-state index in [1.165, 1.54) is 0 Å². The lowest BCUT2D eigenvalue weighted by molar-refractivity contribution is -0.156. The van der Waals surface area contributed by atoms with Gasteiger partial charge in [0.05, 0.1) is 12.8 Å². The van der Waals surface area contributed by atoms with Gasteiger partial charge in [-0.25, -0.2) is 9.59 Å². The number of aliphatic carboxylic acids is 2. The van der Waals surface area contributed by atoms with Gasteiger partial charge in [0, 0.05) is 11.1 Å². The first-order valence-electron chi connectivity index (χ1n) is 4.29. The van der Waals surface area contributed by atoms with Gasteiger partial charge in [-0.2, -0.15) is 0 Å². The minimum Gasteiger partial charge on any atom is -0.481 e. The molecule has 0 aliphatic heterocycles. The lowest BCUT2D eigenvalue weighted by Gasteiger charge is -2.04. The van der Waals surface area contributed by atoms with E-state index in [9.17, 15) is 19.2 Å². The van der Waals surface area contributed by atoms with E-state index in [4.69, 9.17) is 10.2 Å². The van der Waals surface area contributed by atoms with Gasteiger partial charge in [0.25, 0.3) is 0 Å². The highest BCUT2D eigenvalue weighted by atomic mass is 16.6. The quantitative estimate of drug-likeness (QED) is 0.385. The molecule has 17 heavy (non-hydrogen) atoms. The van der Waals surface area contributed by atoms with Crippen molar-refractivity contribution in [3.8, 4) is 0 Å². The van der Waals surface area contributed by atoms with E-state index in [1.807, 2.05) is 0 Å².